The molecular formula is C54H35NO. The lowest BCUT2D eigenvalue weighted by Crippen LogP contribution is -2.10. The first-order chi connectivity index (χ1) is 27.8. The summed E-state index contributed by atoms with van der Waals surface area (Å²) in [4.78, 5) is 2.35. The van der Waals surface area contributed by atoms with Crippen molar-refractivity contribution in [2.75, 3.05) is 4.90 Å². The third-order valence-electron chi connectivity index (χ3n) is 11.2. The van der Waals surface area contributed by atoms with Crippen LogP contribution in [-0.4, -0.2) is 0 Å². The molecule has 0 unspecified atom stereocenters. The molecule has 0 bridgehead atoms. The highest BCUT2D eigenvalue weighted by atomic mass is 16.3. The van der Waals surface area contributed by atoms with Crippen LogP contribution in [0.25, 0.3) is 87.6 Å². The van der Waals surface area contributed by atoms with Crippen molar-refractivity contribution >= 4 is 71.3 Å². The minimum Gasteiger partial charge on any atom is -0.453 e. The van der Waals surface area contributed by atoms with E-state index in [2.05, 4.69) is 217 Å². The van der Waals surface area contributed by atoms with Gasteiger partial charge in [0.15, 0.2) is 5.58 Å². The number of anilines is 3. The Morgan fingerprint density at radius 3 is 1.59 bits per heavy atom. The molecule has 0 fully saturated rings. The number of fused-ring (bicyclic) bond motifs is 8. The number of nitrogens with zero attached hydrogens (tertiary/aromatic N) is 1. The molecule has 1 aromatic heterocycles. The van der Waals surface area contributed by atoms with Gasteiger partial charge < -0.3 is 9.32 Å². The van der Waals surface area contributed by atoms with E-state index in [1.165, 1.54) is 54.7 Å². The fourth-order valence-corrected chi connectivity index (χ4v) is 8.60. The lowest BCUT2D eigenvalue weighted by molar-refractivity contribution is 0.673. The molecular weight excluding hydrogens is 679 g/mol. The van der Waals surface area contributed by atoms with E-state index in [0.717, 1.165) is 50.0 Å². The van der Waals surface area contributed by atoms with Crippen molar-refractivity contribution in [2.45, 2.75) is 0 Å². The standard InChI is InChI=1S/C54H35NO/c1-3-15-36(16-4-1)39-20-13-21-42(33-39)55(41-31-29-38(30-32-41)49-34-40-19-7-8-22-43(40)44-23-9-10-24-45(44)49)52-28-14-27-48-51-35-50(37-17-5-2-6-18-37)46-25-11-12-26-47(46)53(51)56-54(48)52/h1-35H. The molecule has 0 aliphatic carbocycles. The van der Waals surface area contributed by atoms with Crippen molar-refractivity contribution in [1.82, 2.24) is 0 Å². The molecule has 2 nitrogen and oxygen atoms in total. The second-order valence-electron chi connectivity index (χ2n) is 14.5. The third kappa shape index (κ3) is 5.26. The smallest absolute Gasteiger partial charge is 0.159 e. The van der Waals surface area contributed by atoms with Crippen LogP contribution in [0.3, 0.4) is 0 Å². The number of hydrogen-bond acceptors (Lipinski definition) is 2. The minimum atomic E-state index is 0.854. The SMILES string of the molecule is c1ccc(-c2cccc(N(c3ccc(-c4cc5ccccc5c5ccccc45)cc3)c3cccc4c3oc3c5ccccc5c(-c5ccccc5)cc43)c2)cc1. The van der Waals surface area contributed by atoms with Gasteiger partial charge in [0.05, 0.1) is 5.69 Å². The molecule has 262 valence electrons. The number of para-hydroxylation sites is 1. The van der Waals surface area contributed by atoms with Gasteiger partial charge >= 0.3 is 0 Å². The zero-order chi connectivity index (χ0) is 37.0. The van der Waals surface area contributed by atoms with E-state index in [9.17, 15) is 0 Å². The molecule has 56 heavy (non-hydrogen) atoms. The number of hydrogen-bond donors (Lipinski definition) is 0. The molecule has 0 amide bonds. The lowest BCUT2D eigenvalue weighted by Gasteiger charge is -2.26. The average molecular weight is 714 g/mol. The van der Waals surface area contributed by atoms with E-state index in [1.54, 1.807) is 0 Å². The van der Waals surface area contributed by atoms with Crippen LogP contribution in [0.15, 0.2) is 217 Å². The summed E-state index contributed by atoms with van der Waals surface area (Å²) in [5, 5.41) is 9.51. The first-order valence-corrected chi connectivity index (χ1v) is 19.2. The quantitative estimate of drug-likeness (QED) is 0.160. The summed E-state index contributed by atoms with van der Waals surface area (Å²) in [5.74, 6) is 0. The van der Waals surface area contributed by atoms with Crippen LogP contribution in [0.5, 0.6) is 0 Å². The van der Waals surface area contributed by atoms with Crippen LogP contribution in [0, 0.1) is 0 Å². The summed E-state index contributed by atoms with van der Waals surface area (Å²) in [7, 11) is 0. The van der Waals surface area contributed by atoms with Crippen LogP contribution in [0.1, 0.15) is 0 Å². The van der Waals surface area contributed by atoms with Gasteiger partial charge in [0.2, 0.25) is 0 Å². The highest BCUT2D eigenvalue weighted by Gasteiger charge is 2.22. The third-order valence-corrected chi connectivity index (χ3v) is 11.2. The molecule has 0 atom stereocenters. The second-order valence-corrected chi connectivity index (χ2v) is 14.5. The molecule has 2 heteroatoms. The Hall–Kier alpha value is -7.42. The van der Waals surface area contributed by atoms with E-state index in [1.807, 2.05) is 0 Å². The topological polar surface area (TPSA) is 16.4 Å². The second kappa shape index (κ2) is 13.2. The van der Waals surface area contributed by atoms with Crippen molar-refractivity contribution in [2.24, 2.45) is 0 Å². The summed E-state index contributed by atoms with van der Waals surface area (Å²) in [6, 6.07) is 76.3. The summed E-state index contributed by atoms with van der Waals surface area (Å²) in [6.45, 7) is 0. The fourth-order valence-electron chi connectivity index (χ4n) is 8.60. The number of rotatable bonds is 6. The van der Waals surface area contributed by atoms with Gasteiger partial charge in [0.1, 0.15) is 5.58 Å². The summed E-state index contributed by atoms with van der Waals surface area (Å²) in [5.41, 5.74) is 12.0. The van der Waals surface area contributed by atoms with Crippen LogP contribution >= 0.6 is 0 Å². The van der Waals surface area contributed by atoms with Gasteiger partial charge in [-0.2, -0.15) is 0 Å². The molecule has 0 radical (unpaired) electrons. The van der Waals surface area contributed by atoms with Crippen LogP contribution in [0.4, 0.5) is 17.1 Å². The maximum Gasteiger partial charge on any atom is 0.159 e. The predicted molar refractivity (Wildman–Crippen MR) is 237 cm³/mol. The highest BCUT2D eigenvalue weighted by Crippen LogP contribution is 2.46. The molecule has 0 N–H and O–H groups in total. The lowest BCUT2D eigenvalue weighted by atomic mass is 9.93. The molecule has 0 spiro atoms. The van der Waals surface area contributed by atoms with Crippen molar-refractivity contribution in [3.05, 3.63) is 212 Å². The molecule has 10 aromatic carbocycles. The fraction of sp³-hybridized carbons (Fsp3) is 0. The molecule has 0 saturated carbocycles. The Kier molecular flexibility index (Phi) is 7.53. The molecule has 11 aromatic rings. The Bertz CT molecular complexity index is 3230. The van der Waals surface area contributed by atoms with Gasteiger partial charge in [-0.25, -0.2) is 0 Å². The van der Waals surface area contributed by atoms with E-state index < -0.39 is 0 Å². The Morgan fingerprint density at radius 2 is 0.821 bits per heavy atom. The maximum absolute atomic E-state index is 7.07. The Morgan fingerprint density at radius 1 is 0.286 bits per heavy atom. The molecule has 11 rings (SSSR count). The van der Waals surface area contributed by atoms with Gasteiger partial charge in [-0.3, -0.25) is 0 Å². The monoisotopic (exact) mass is 713 g/mol. The number of benzene rings is 10. The molecule has 0 saturated heterocycles. The minimum absolute atomic E-state index is 0.854. The van der Waals surface area contributed by atoms with Gasteiger partial charge in [-0.1, -0.05) is 170 Å². The van der Waals surface area contributed by atoms with Gasteiger partial charge in [0, 0.05) is 27.5 Å². The largest absolute Gasteiger partial charge is 0.453 e. The first-order valence-electron chi connectivity index (χ1n) is 19.2. The van der Waals surface area contributed by atoms with Crippen LogP contribution < -0.4 is 4.90 Å². The Balaban J connectivity index is 1.13. The van der Waals surface area contributed by atoms with E-state index >= 15 is 0 Å². The molecule has 1 heterocycles. The Labute approximate surface area is 325 Å². The zero-order valence-electron chi connectivity index (χ0n) is 30.6. The van der Waals surface area contributed by atoms with Crippen molar-refractivity contribution in [1.29, 1.82) is 0 Å². The van der Waals surface area contributed by atoms with Gasteiger partial charge in [-0.05, 0) is 103 Å². The molecule has 0 aliphatic heterocycles. The first kappa shape index (κ1) is 32.0. The van der Waals surface area contributed by atoms with Gasteiger partial charge in [0.25, 0.3) is 0 Å². The van der Waals surface area contributed by atoms with Crippen LogP contribution in [0.2, 0.25) is 0 Å². The van der Waals surface area contributed by atoms with E-state index in [-0.39, 0.29) is 0 Å². The van der Waals surface area contributed by atoms with Crippen LogP contribution in [-0.2, 0) is 0 Å². The van der Waals surface area contributed by atoms with Crippen molar-refractivity contribution in [3.63, 3.8) is 0 Å². The predicted octanol–water partition coefficient (Wildman–Crippen LogP) is 15.5. The average Bonchev–Trinajstić information content (AvgIpc) is 3.67. The van der Waals surface area contributed by atoms with Gasteiger partial charge in [-0.15, -0.1) is 0 Å². The summed E-state index contributed by atoms with van der Waals surface area (Å²) in [6.07, 6.45) is 0. The summed E-state index contributed by atoms with van der Waals surface area (Å²) >= 11 is 0. The van der Waals surface area contributed by atoms with E-state index in [0.29, 0.717) is 0 Å². The van der Waals surface area contributed by atoms with Crippen molar-refractivity contribution < 1.29 is 4.42 Å². The number of furan rings is 1. The zero-order valence-corrected chi connectivity index (χ0v) is 30.6. The normalized spacial score (nSPS) is 11.6. The highest BCUT2D eigenvalue weighted by molar-refractivity contribution is 6.21. The summed E-state index contributed by atoms with van der Waals surface area (Å²) < 4.78 is 7.07. The maximum atomic E-state index is 7.07. The molecule has 0 aliphatic rings. The van der Waals surface area contributed by atoms with Crippen molar-refractivity contribution in [3.8, 4) is 33.4 Å². The van der Waals surface area contributed by atoms with E-state index in [4.69, 9.17) is 4.42 Å².